The number of rotatable bonds is 6. The first-order valence-corrected chi connectivity index (χ1v) is 10.2. The van der Waals surface area contributed by atoms with Crippen LogP contribution in [0.4, 0.5) is 0 Å². The van der Waals surface area contributed by atoms with Gasteiger partial charge in [-0.15, -0.1) is 0 Å². The van der Waals surface area contributed by atoms with Crippen LogP contribution in [0, 0.1) is 11.3 Å². The summed E-state index contributed by atoms with van der Waals surface area (Å²) in [5, 5.41) is 24.1. The average Bonchev–Trinajstić information content (AvgIpc) is 2.84. The number of fused-ring (bicyclic) bond motifs is 1. The molecule has 0 aliphatic heterocycles. The van der Waals surface area contributed by atoms with Crippen molar-refractivity contribution in [2.45, 2.75) is 6.61 Å². The Kier molecular flexibility index (Phi) is 6.48. The van der Waals surface area contributed by atoms with Gasteiger partial charge in [-0.25, -0.2) is 5.43 Å². The van der Waals surface area contributed by atoms with Crippen molar-refractivity contribution in [3.63, 3.8) is 0 Å². The number of hydrogen-bond acceptors (Lipinski definition) is 6. The third kappa shape index (κ3) is 5.09. The normalized spacial score (nSPS) is 10.8. The molecule has 0 bridgehead atoms. The summed E-state index contributed by atoms with van der Waals surface area (Å²) in [6.45, 7) is 0.365. The van der Waals surface area contributed by atoms with Crippen LogP contribution >= 0.6 is 11.6 Å². The summed E-state index contributed by atoms with van der Waals surface area (Å²) in [4.78, 5) is 16.8. The molecule has 0 spiro atoms. The summed E-state index contributed by atoms with van der Waals surface area (Å²) >= 11 is 5.93. The Morgan fingerprint density at radius 3 is 2.79 bits per heavy atom. The highest BCUT2D eigenvalue weighted by molar-refractivity contribution is 6.30. The van der Waals surface area contributed by atoms with Crippen molar-refractivity contribution >= 4 is 34.6 Å². The fourth-order valence-electron chi connectivity index (χ4n) is 3.13. The third-order valence-corrected chi connectivity index (χ3v) is 5.08. The molecule has 1 amide bonds. The van der Waals surface area contributed by atoms with E-state index in [0.717, 1.165) is 16.5 Å². The van der Waals surface area contributed by atoms with Gasteiger partial charge in [0.25, 0.3) is 5.91 Å². The van der Waals surface area contributed by atoms with Crippen molar-refractivity contribution in [1.29, 1.82) is 5.26 Å². The fourth-order valence-corrected chi connectivity index (χ4v) is 3.26. The molecule has 1 heterocycles. The van der Waals surface area contributed by atoms with Gasteiger partial charge >= 0.3 is 0 Å². The van der Waals surface area contributed by atoms with Crippen LogP contribution < -0.4 is 10.2 Å². The molecule has 3 aromatic carbocycles. The topological polar surface area (TPSA) is 108 Å². The monoisotopic (exact) mass is 456 g/mol. The quantitative estimate of drug-likeness (QED) is 0.320. The standard InChI is InChI=1S/C25H17ClN4O3/c26-20-7-4-16(5-8-20)15-33-23-3-1-2-21-18(10-11-28-24(21)23)14-29-30-25(32)17-6-9-22(31)19(12-17)13-27/h1-12,14,31H,15H2,(H,30,32)/b29-14+. The highest BCUT2D eigenvalue weighted by Crippen LogP contribution is 2.26. The zero-order valence-corrected chi connectivity index (χ0v) is 18.0. The molecule has 1 aromatic heterocycles. The number of hydrogen-bond donors (Lipinski definition) is 2. The summed E-state index contributed by atoms with van der Waals surface area (Å²) in [5.74, 6) is -0.0714. The van der Waals surface area contributed by atoms with Crippen LogP contribution in [0.25, 0.3) is 10.9 Å². The number of nitrogens with zero attached hydrogens (tertiary/aromatic N) is 3. The van der Waals surface area contributed by atoms with Gasteiger partial charge in [0.15, 0.2) is 0 Å². The molecule has 0 radical (unpaired) electrons. The molecule has 4 rings (SSSR count). The molecular weight excluding hydrogens is 440 g/mol. The summed E-state index contributed by atoms with van der Waals surface area (Å²) in [5.41, 5.74) is 5.02. The summed E-state index contributed by atoms with van der Waals surface area (Å²) in [6, 6.07) is 20.6. The molecule has 0 unspecified atom stereocenters. The Morgan fingerprint density at radius 1 is 1.18 bits per heavy atom. The second kappa shape index (κ2) is 9.81. The van der Waals surface area contributed by atoms with Crippen molar-refractivity contribution in [3.05, 3.63) is 100 Å². The molecule has 0 saturated heterocycles. The van der Waals surface area contributed by atoms with Crippen LogP contribution in [0.3, 0.4) is 0 Å². The number of halogens is 1. The smallest absolute Gasteiger partial charge is 0.271 e. The number of aromatic hydroxyl groups is 1. The van der Waals surface area contributed by atoms with Crippen molar-refractivity contribution < 1.29 is 14.6 Å². The number of phenolic OH excluding ortho intramolecular Hbond substituents is 1. The van der Waals surface area contributed by atoms with E-state index in [1.54, 1.807) is 12.3 Å². The van der Waals surface area contributed by atoms with Gasteiger partial charge in [-0.05, 0) is 48.0 Å². The number of amides is 1. The lowest BCUT2D eigenvalue weighted by Gasteiger charge is -2.10. The first-order valence-electron chi connectivity index (χ1n) is 9.86. The third-order valence-electron chi connectivity index (χ3n) is 4.82. The minimum Gasteiger partial charge on any atom is -0.507 e. The number of phenols is 1. The lowest BCUT2D eigenvalue weighted by Crippen LogP contribution is -2.17. The van der Waals surface area contributed by atoms with E-state index in [9.17, 15) is 9.90 Å². The van der Waals surface area contributed by atoms with Crippen LogP contribution in [0.15, 0.2) is 78.0 Å². The van der Waals surface area contributed by atoms with Crippen molar-refractivity contribution in [1.82, 2.24) is 10.4 Å². The van der Waals surface area contributed by atoms with Crippen molar-refractivity contribution in [2.24, 2.45) is 5.10 Å². The van der Waals surface area contributed by atoms with Crippen LogP contribution in [-0.4, -0.2) is 22.2 Å². The number of para-hydroxylation sites is 1. The molecular formula is C25H17ClN4O3. The SMILES string of the molecule is N#Cc1cc(C(=O)N/N=C/c2ccnc3c(OCc4ccc(Cl)cc4)cccc23)ccc1O. The highest BCUT2D eigenvalue weighted by Gasteiger charge is 2.09. The second-order valence-corrected chi connectivity index (χ2v) is 7.45. The van der Waals surface area contributed by atoms with E-state index in [4.69, 9.17) is 21.6 Å². The lowest BCUT2D eigenvalue weighted by molar-refractivity contribution is 0.0955. The van der Waals surface area contributed by atoms with E-state index in [1.807, 2.05) is 48.5 Å². The largest absolute Gasteiger partial charge is 0.507 e. The summed E-state index contributed by atoms with van der Waals surface area (Å²) < 4.78 is 5.97. The molecule has 8 heteroatoms. The fraction of sp³-hybridized carbons (Fsp3) is 0.0400. The zero-order chi connectivity index (χ0) is 23.2. The van der Waals surface area contributed by atoms with Crippen LogP contribution in [0.2, 0.25) is 5.02 Å². The van der Waals surface area contributed by atoms with E-state index in [2.05, 4.69) is 15.5 Å². The molecule has 33 heavy (non-hydrogen) atoms. The van der Waals surface area contributed by atoms with Gasteiger partial charge in [0, 0.05) is 27.7 Å². The Bertz CT molecular complexity index is 1400. The minimum atomic E-state index is -0.506. The Labute approximate surface area is 194 Å². The van der Waals surface area contributed by atoms with E-state index in [1.165, 1.54) is 24.4 Å². The molecule has 4 aromatic rings. The van der Waals surface area contributed by atoms with Gasteiger partial charge in [0.2, 0.25) is 0 Å². The molecule has 0 aliphatic rings. The number of ether oxygens (including phenoxy) is 1. The number of carbonyl (C=O) groups is 1. The zero-order valence-electron chi connectivity index (χ0n) is 17.2. The maximum absolute atomic E-state index is 12.3. The van der Waals surface area contributed by atoms with Crippen LogP contribution in [0.5, 0.6) is 11.5 Å². The maximum Gasteiger partial charge on any atom is 0.271 e. The number of aromatic nitrogens is 1. The van der Waals surface area contributed by atoms with E-state index in [0.29, 0.717) is 22.9 Å². The summed E-state index contributed by atoms with van der Waals surface area (Å²) in [7, 11) is 0. The molecule has 0 aliphatic carbocycles. The number of benzene rings is 3. The van der Waals surface area contributed by atoms with Gasteiger partial charge < -0.3 is 9.84 Å². The first kappa shape index (κ1) is 21.8. The number of hydrazone groups is 1. The lowest BCUT2D eigenvalue weighted by atomic mass is 10.1. The highest BCUT2D eigenvalue weighted by atomic mass is 35.5. The Hall–Kier alpha value is -4.41. The van der Waals surface area contributed by atoms with Gasteiger partial charge in [0.05, 0.1) is 11.8 Å². The Balaban J connectivity index is 1.50. The molecule has 7 nitrogen and oxygen atoms in total. The molecule has 2 N–H and O–H groups in total. The number of carbonyl (C=O) groups excluding carboxylic acids is 1. The van der Waals surface area contributed by atoms with E-state index in [-0.39, 0.29) is 16.9 Å². The van der Waals surface area contributed by atoms with E-state index >= 15 is 0 Å². The van der Waals surface area contributed by atoms with Crippen LogP contribution in [0.1, 0.15) is 27.0 Å². The Morgan fingerprint density at radius 2 is 2.00 bits per heavy atom. The van der Waals surface area contributed by atoms with E-state index < -0.39 is 5.91 Å². The van der Waals surface area contributed by atoms with Gasteiger partial charge in [-0.1, -0.05) is 35.9 Å². The first-order chi connectivity index (χ1) is 16.0. The minimum absolute atomic E-state index is 0.0119. The number of nitrogens with one attached hydrogen (secondary N) is 1. The second-order valence-electron chi connectivity index (χ2n) is 7.01. The van der Waals surface area contributed by atoms with Crippen molar-refractivity contribution in [3.8, 4) is 17.6 Å². The van der Waals surface area contributed by atoms with Crippen molar-refractivity contribution in [2.75, 3.05) is 0 Å². The number of pyridine rings is 1. The number of nitriles is 1. The predicted octanol–water partition coefficient (Wildman–Crippen LogP) is 4.81. The van der Waals surface area contributed by atoms with Gasteiger partial charge in [-0.3, -0.25) is 9.78 Å². The summed E-state index contributed by atoms with van der Waals surface area (Å²) in [6.07, 6.45) is 3.15. The molecule has 0 atom stereocenters. The van der Waals surface area contributed by atoms with Gasteiger partial charge in [-0.2, -0.15) is 10.4 Å². The average molecular weight is 457 g/mol. The maximum atomic E-state index is 12.3. The molecule has 0 fully saturated rings. The molecule has 162 valence electrons. The van der Waals surface area contributed by atoms with Crippen LogP contribution in [-0.2, 0) is 6.61 Å². The molecule has 0 saturated carbocycles. The van der Waals surface area contributed by atoms with Gasteiger partial charge in [0.1, 0.15) is 29.7 Å². The predicted molar refractivity (Wildman–Crippen MR) is 125 cm³/mol.